The van der Waals surface area contributed by atoms with Gasteiger partial charge < -0.3 is 41.7 Å². The van der Waals surface area contributed by atoms with Gasteiger partial charge in [-0.3, -0.25) is 24.1 Å². The van der Waals surface area contributed by atoms with E-state index in [4.69, 9.17) is 5.73 Å². The summed E-state index contributed by atoms with van der Waals surface area (Å²) in [5.74, 6) is -6.71. The number of fused-ring (bicyclic) bond motifs is 3. The van der Waals surface area contributed by atoms with Crippen molar-refractivity contribution >= 4 is 40.5 Å². The molecule has 8 N–H and O–H groups in total. The van der Waals surface area contributed by atoms with Gasteiger partial charge in [0.15, 0.2) is 11.4 Å². The average Bonchev–Trinajstić information content (AvgIpc) is 2.85. The van der Waals surface area contributed by atoms with E-state index in [1.54, 1.807) is 39.2 Å². The minimum absolute atomic E-state index is 0.00439. The van der Waals surface area contributed by atoms with Crippen LogP contribution in [0.4, 0.5) is 11.4 Å². The number of phenols is 1. The molecule has 43 heavy (non-hydrogen) atoms. The number of anilines is 2. The maximum atomic E-state index is 14.3. The van der Waals surface area contributed by atoms with Gasteiger partial charge >= 0.3 is 0 Å². The van der Waals surface area contributed by atoms with Gasteiger partial charge in [0, 0.05) is 36.3 Å². The Hall–Kier alpha value is -3.94. The van der Waals surface area contributed by atoms with E-state index in [0.29, 0.717) is 11.3 Å². The van der Waals surface area contributed by atoms with E-state index in [-0.39, 0.29) is 41.7 Å². The number of Topliss-reactive ketones (excluding diaryl/α,β-unsaturated/α-hetero) is 2. The van der Waals surface area contributed by atoms with Gasteiger partial charge in [-0.05, 0) is 65.3 Å². The molecule has 0 unspecified atom stereocenters. The lowest BCUT2D eigenvalue weighted by Gasteiger charge is -2.57. The SMILES string of the molecule is CN(C)c1cc(NC(=O)CNC(C)(C)C)c(O)c2c1C[C@H]1C[C@@]3(C)[C@H](N(C)C)C(=O)C(C(N)=O)=C(O)[C@@]3(O)C(=O)C1=C2O. The molecule has 234 valence electrons. The normalized spacial score (nSPS) is 27.1. The molecule has 0 radical (unpaired) electrons. The van der Waals surface area contributed by atoms with Crippen LogP contribution in [-0.2, 0) is 25.6 Å². The zero-order valence-corrected chi connectivity index (χ0v) is 25.7. The van der Waals surface area contributed by atoms with Crippen LogP contribution in [0.5, 0.6) is 5.75 Å². The van der Waals surface area contributed by atoms with Crippen molar-refractivity contribution in [3.8, 4) is 5.75 Å². The Labute approximate surface area is 250 Å². The summed E-state index contributed by atoms with van der Waals surface area (Å²) in [5.41, 5.74) is 0.427. The number of nitrogens with one attached hydrogen (secondary N) is 2. The van der Waals surface area contributed by atoms with Crippen LogP contribution in [0.3, 0.4) is 0 Å². The summed E-state index contributed by atoms with van der Waals surface area (Å²) < 4.78 is 0. The Morgan fingerprint density at radius 3 is 2.23 bits per heavy atom. The number of aliphatic hydroxyl groups excluding tert-OH is 2. The molecule has 1 aromatic rings. The molecule has 13 heteroatoms. The number of amides is 2. The first-order valence-electron chi connectivity index (χ1n) is 13.9. The second-order valence-electron chi connectivity index (χ2n) is 13.3. The van der Waals surface area contributed by atoms with Crippen LogP contribution in [0.15, 0.2) is 23.0 Å². The number of carbonyl (C=O) groups is 4. The molecule has 4 atom stereocenters. The summed E-state index contributed by atoms with van der Waals surface area (Å²) in [6.45, 7) is 7.10. The highest BCUT2D eigenvalue weighted by Gasteiger charge is 2.70. The lowest BCUT2D eigenvalue weighted by Crippen LogP contribution is -2.71. The van der Waals surface area contributed by atoms with Crippen molar-refractivity contribution in [3.63, 3.8) is 0 Å². The van der Waals surface area contributed by atoms with Gasteiger partial charge in [-0.15, -0.1) is 0 Å². The maximum Gasteiger partial charge on any atom is 0.255 e. The minimum Gasteiger partial charge on any atom is -0.508 e. The van der Waals surface area contributed by atoms with Crippen molar-refractivity contribution in [2.45, 2.75) is 57.7 Å². The second kappa shape index (κ2) is 10.4. The van der Waals surface area contributed by atoms with Gasteiger partial charge in [-0.25, -0.2) is 0 Å². The molecule has 2 amide bonds. The van der Waals surface area contributed by atoms with Crippen molar-refractivity contribution in [3.05, 3.63) is 34.1 Å². The number of benzene rings is 1. The smallest absolute Gasteiger partial charge is 0.255 e. The van der Waals surface area contributed by atoms with Crippen molar-refractivity contribution in [2.24, 2.45) is 17.1 Å². The monoisotopic (exact) mass is 599 g/mol. The van der Waals surface area contributed by atoms with Crippen molar-refractivity contribution < 1.29 is 39.6 Å². The summed E-state index contributed by atoms with van der Waals surface area (Å²) in [6.07, 6.45) is 0.0673. The zero-order valence-electron chi connectivity index (χ0n) is 25.7. The lowest BCUT2D eigenvalue weighted by atomic mass is 9.50. The van der Waals surface area contributed by atoms with Gasteiger partial charge in [0.25, 0.3) is 5.91 Å². The molecule has 1 saturated carbocycles. The van der Waals surface area contributed by atoms with Crippen LogP contribution in [0.25, 0.3) is 5.76 Å². The van der Waals surface area contributed by atoms with E-state index in [1.807, 2.05) is 20.8 Å². The largest absolute Gasteiger partial charge is 0.508 e. The summed E-state index contributed by atoms with van der Waals surface area (Å²) >= 11 is 0. The topological polar surface area (TPSA) is 206 Å². The standard InChI is InChI=1S/C30H41N5O8/c1-28(2,3)32-12-17(36)33-15-10-16(34(5)6)14-9-13-11-29(4)24(35(7)8)23(39)20(27(31)42)26(41)30(29,43)25(40)18(13)22(38)19(14)21(15)37/h10,13,24,32,37-38,41,43H,9,11-12H2,1-8H3,(H2,31,42)(H,33,36)/t13-,24+,29-,30-/m0/s1. The predicted molar refractivity (Wildman–Crippen MR) is 160 cm³/mol. The third-order valence-electron chi connectivity index (χ3n) is 8.78. The molecule has 0 bridgehead atoms. The Morgan fingerprint density at radius 2 is 1.72 bits per heavy atom. The third-order valence-corrected chi connectivity index (χ3v) is 8.78. The Kier molecular flexibility index (Phi) is 7.70. The van der Waals surface area contributed by atoms with E-state index in [9.17, 15) is 39.6 Å². The van der Waals surface area contributed by atoms with Crippen molar-refractivity contribution in [2.75, 3.05) is 45.0 Å². The number of hydrogen-bond acceptors (Lipinski definition) is 11. The summed E-state index contributed by atoms with van der Waals surface area (Å²) in [4.78, 5) is 55.9. The number of nitrogens with two attached hydrogens (primary N) is 1. The van der Waals surface area contributed by atoms with Crippen LogP contribution < -0.4 is 21.3 Å². The zero-order chi connectivity index (χ0) is 32.6. The molecule has 1 fully saturated rings. The molecule has 0 saturated heterocycles. The number of rotatable bonds is 6. The molecule has 0 heterocycles. The third kappa shape index (κ3) is 4.75. The van der Waals surface area contributed by atoms with Gasteiger partial charge in [-0.1, -0.05) is 6.92 Å². The highest BCUT2D eigenvalue weighted by atomic mass is 16.3. The van der Waals surface area contributed by atoms with Crippen LogP contribution in [-0.4, -0.2) is 101 Å². The maximum absolute atomic E-state index is 14.3. The first-order chi connectivity index (χ1) is 19.7. The van der Waals surface area contributed by atoms with Gasteiger partial charge in [0.05, 0.1) is 23.8 Å². The molecule has 0 aromatic heterocycles. The van der Waals surface area contributed by atoms with Crippen LogP contribution in [0.1, 0.15) is 45.2 Å². The van der Waals surface area contributed by atoms with Crippen molar-refractivity contribution in [1.82, 2.24) is 10.2 Å². The summed E-state index contributed by atoms with van der Waals surface area (Å²) in [6, 6.07) is 0.357. The molecule has 0 spiro atoms. The number of likely N-dealkylation sites (N-methyl/N-ethyl adjacent to an activating group) is 1. The van der Waals surface area contributed by atoms with Crippen LogP contribution in [0, 0.1) is 11.3 Å². The molecule has 0 aliphatic heterocycles. The van der Waals surface area contributed by atoms with Gasteiger partial charge in [0.1, 0.15) is 22.8 Å². The van der Waals surface area contributed by atoms with Gasteiger partial charge in [-0.2, -0.15) is 0 Å². The number of primary amides is 1. The average molecular weight is 600 g/mol. The minimum atomic E-state index is -2.79. The van der Waals surface area contributed by atoms with Crippen LogP contribution >= 0.6 is 0 Å². The molecule has 3 aliphatic carbocycles. The highest BCUT2D eigenvalue weighted by molar-refractivity contribution is 6.25. The number of ketones is 2. The van der Waals surface area contributed by atoms with E-state index >= 15 is 0 Å². The van der Waals surface area contributed by atoms with E-state index in [1.165, 1.54) is 11.8 Å². The molecule has 3 aliphatic rings. The first-order valence-corrected chi connectivity index (χ1v) is 13.9. The molecular formula is C30H41N5O8. The van der Waals surface area contributed by atoms with Crippen molar-refractivity contribution in [1.29, 1.82) is 0 Å². The quantitative estimate of drug-likeness (QED) is 0.179. The Morgan fingerprint density at radius 1 is 1.12 bits per heavy atom. The fourth-order valence-electron chi connectivity index (χ4n) is 6.90. The van der Waals surface area contributed by atoms with E-state index in [2.05, 4.69) is 10.6 Å². The number of aliphatic hydroxyl groups is 3. The van der Waals surface area contributed by atoms with E-state index < -0.39 is 69.2 Å². The highest BCUT2D eigenvalue weighted by Crippen LogP contribution is 2.59. The number of hydrogen-bond donors (Lipinski definition) is 7. The van der Waals surface area contributed by atoms with E-state index in [0.717, 1.165) is 0 Å². The first kappa shape index (κ1) is 32.0. The Balaban J connectivity index is 1.93. The van der Waals surface area contributed by atoms with Crippen LogP contribution in [0.2, 0.25) is 0 Å². The molecular weight excluding hydrogens is 558 g/mol. The summed E-state index contributed by atoms with van der Waals surface area (Å²) in [5, 5.41) is 51.9. The number of nitrogens with zero attached hydrogens (tertiary/aromatic N) is 2. The Bertz CT molecular complexity index is 1500. The molecule has 13 nitrogen and oxygen atoms in total. The number of carbonyl (C=O) groups excluding carboxylic acids is 4. The fraction of sp³-hybridized carbons (Fsp3) is 0.533. The molecule has 4 rings (SSSR count). The fourth-order valence-corrected chi connectivity index (χ4v) is 6.90. The number of phenolic OH excluding ortho intramolecular Hbond substituents is 1. The summed E-state index contributed by atoms with van der Waals surface area (Å²) in [7, 11) is 6.59. The number of aromatic hydroxyl groups is 1. The second-order valence-corrected chi connectivity index (χ2v) is 13.3. The van der Waals surface area contributed by atoms with Gasteiger partial charge in [0.2, 0.25) is 11.7 Å². The molecule has 1 aromatic carbocycles. The predicted octanol–water partition coefficient (Wildman–Crippen LogP) is 0.747. The lowest BCUT2D eigenvalue weighted by molar-refractivity contribution is -0.171.